The summed E-state index contributed by atoms with van der Waals surface area (Å²) in [5.41, 5.74) is 12.3. The summed E-state index contributed by atoms with van der Waals surface area (Å²) in [6.45, 7) is 8.44. The van der Waals surface area contributed by atoms with Crippen molar-refractivity contribution in [3.8, 4) is 11.3 Å². The second kappa shape index (κ2) is 8.53. The highest BCUT2D eigenvalue weighted by atomic mass is 16.3. The van der Waals surface area contributed by atoms with E-state index in [1.54, 1.807) is 19.3 Å². The Bertz CT molecular complexity index is 794. The number of aliphatic imine (C=N–C) groups is 1. The molecule has 1 heterocycles. The molecule has 1 aromatic heterocycles. The summed E-state index contributed by atoms with van der Waals surface area (Å²) in [6, 6.07) is 6.02. The first-order valence-corrected chi connectivity index (χ1v) is 8.48. The molecule has 1 unspecified atom stereocenters. The molecule has 1 aromatic carbocycles. The fourth-order valence-corrected chi connectivity index (χ4v) is 2.83. The van der Waals surface area contributed by atoms with E-state index in [1.807, 2.05) is 39.0 Å². The van der Waals surface area contributed by atoms with Crippen molar-refractivity contribution in [1.29, 1.82) is 0 Å². The van der Waals surface area contributed by atoms with E-state index in [0.29, 0.717) is 13.0 Å². The van der Waals surface area contributed by atoms with Crippen molar-refractivity contribution in [2.75, 3.05) is 6.54 Å². The number of allylic oxidation sites excluding steroid dienone is 1. The molecule has 132 valence electrons. The van der Waals surface area contributed by atoms with Crippen LogP contribution in [0, 0.1) is 6.92 Å². The molecule has 0 aliphatic heterocycles. The SMILES string of the molecule is CCN=C(C)C(=CN)Cc1cncnc1-c1ccc(C)cc1C(C)O. The van der Waals surface area contributed by atoms with Crippen LogP contribution in [0.4, 0.5) is 0 Å². The average Bonchev–Trinajstić information content (AvgIpc) is 2.60. The second-order valence-electron chi connectivity index (χ2n) is 6.09. The summed E-state index contributed by atoms with van der Waals surface area (Å²) in [4.78, 5) is 13.1. The van der Waals surface area contributed by atoms with Gasteiger partial charge in [0.25, 0.3) is 0 Å². The molecule has 0 aliphatic rings. The van der Waals surface area contributed by atoms with Crippen molar-refractivity contribution >= 4 is 5.71 Å². The highest BCUT2D eigenvalue weighted by molar-refractivity contribution is 5.98. The van der Waals surface area contributed by atoms with Gasteiger partial charge in [0.15, 0.2) is 0 Å². The average molecular weight is 338 g/mol. The summed E-state index contributed by atoms with van der Waals surface area (Å²) in [7, 11) is 0. The van der Waals surface area contributed by atoms with Gasteiger partial charge in [-0.2, -0.15) is 0 Å². The summed E-state index contributed by atoms with van der Waals surface area (Å²) in [5, 5.41) is 10.2. The normalized spacial score (nSPS) is 13.8. The van der Waals surface area contributed by atoms with E-state index >= 15 is 0 Å². The van der Waals surface area contributed by atoms with Crippen LogP contribution in [0.2, 0.25) is 0 Å². The van der Waals surface area contributed by atoms with Gasteiger partial charge in [0.05, 0.1) is 11.8 Å². The van der Waals surface area contributed by atoms with E-state index in [4.69, 9.17) is 5.73 Å². The maximum atomic E-state index is 10.2. The van der Waals surface area contributed by atoms with E-state index in [2.05, 4.69) is 15.0 Å². The smallest absolute Gasteiger partial charge is 0.116 e. The van der Waals surface area contributed by atoms with Crippen LogP contribution in [0.25, 0.3) is 11.3 Å². The fraction of sp³-hybridized carbons (Fsp3) is 0.350. The van der Waals surface area contributed by atoms with Gasteiger partial charge in [0.2, 0.25) is 0 Å². The number of nitrogens with zero attached hydrogens (tertiary/aromatic N) is 3. The number of benzene rings is 1. The molecular formula is C20H26N4O. The molecule has 5 nitrogen and oxygen atoms in total. The van der Waals surface area contributed by atoms with Gasteiger partial charge in [0, 0.05) is 36.0 Å². The first-order valence-electron chi connectivity index (χ1n) is 8.48. The second-order valence-corrected chi connectivity index (χ2v) is 6.09. The number of nitrogens with two attached hydrogens (primary N) is 1. The molecule has 5 heteroatoms. The molecule has 2 aromatic rings. The molecule has 0 bridgehead atoms. The van der Waals surface area contributed by atoms with Crippen LogP contribution in [0.3, 0.4) is 0 Å². The molecular weight excluding hydrogens is 312 g/mol. The van der Waals surface area contributed by atoms with Crippen LogP contribution in [0.15, 0.2) is 47.5 Å². The third kappa shape index (κ3) is 4.51. The Morgan fingerprint density at radius 2 is 2.16 bits per heavy atom. The Morgan fingerprint density at radius 1 is 1.40 bits per heavy atom. The topological polar surface area (TPSA) is 84.4 Å². The molecule has 0 aliphatic carbocycles. The predicted molar refractivity (Wildman–Crippen MR) is 102 cm³/mol. The van der Waals surface area contributed by atoms with Gasteiger partial charge in [-0.05, 0) is 45.0 Å². The lowest BCUT2D eigenvalue weighted by Crippen LogP contribution is -2.08. The third-order valence-corrected chi connectivity index (χ3v) is 4.14. The minimum atomic E-state index is -0.578. The number of hydrogen-bond donors (Lipinski definition) is 2. The number of aryl methyl sites for hydroxylation is 1. The lowest BCUT2D eigenvalue weighted by atomic mass is 9.93. The maximum absolute atomic E-state index is 10.2. The lowest BCUT2D eigenvalue weighted by Gasteiger charge is -2.16. The number of rotatable bonds is 6. The minimum absolute atomic E-state index is 0.578. The molecule has 0 amide bonds. The van der Waals surface area contributed by atoms with E-state index in [-0.39, 0.29) is 0 Å². The standard InChI is InChI=1S/C20H26N4O/c1-5-23-14(3)16(10-21)9-17-11-22-12-24-20(17)18-7-6-13(2)8-19(18)15(4)25/h6-8,10-12,15,25H,5,9,21H2,1-4H3. The highest BCUT2D eigenvalue weighted by Crippen LogP contribution is 2.30. The fourth-order valence-electron chi connectivity index (χ4n) is 2.83. The van der Waals surface area contributed by atoms with Gasteiger partial charge in [-0.3, -0.25) is 4.99 Å². The van der Waals surface area contributed by atoms with E-state index < -0.39 is 6.10 Å². The van der Waals surface area contributed by atoms with Gasteiger partial charge < -0.3 is 10.8 Å². The van der Waals surface area contributed by atoms with Crippen LogP contribution in [-0.2, 0) is 6.42 Å². The van der Waals surface area contributed by atoms with Crippen molar-refractivity contribution in [3.05, 3.63) is 59.2 Å². The quantitative estimate of drug-likeness (QED) is 0.791. The van der Waals surface area contributed by atoms with Crippen molar-refractivity contribution < 1.29 is 5.11 Å². The third-order valence-electron chi connectivity index (χ3n) is 4.14. The predicted octanol–water partition coefficient (Wildman–Crippen LogP) is 3.37. The summed E-state index contributed by atoms with van der Waals surface area (Å²) < 4.78 is 0. The zero-order valence-electron chi connectivity index (χ0n) is 15.3. The van der Waals surface area contributed by atoms with Crippen molar-refractivity contribution in [2.45, 2.75) is 40.2 Å². The number of aliphatic hydroxyl groups excluding tert-OH is 1. The van der Waals surface area contributed by atoms with Crippen molar-refractivity contribution in [2.24, 2.45) is 10.7 Å². The van der Waals surface area contributed by atoms with Crippen LogP contribution in [-0.4, -0.2) is 27.3 Å². The maximum Gasteiger partial charge on any atom is 0.116 e. The molecule has 25 heavy (non-hydrogen) atoms. The first kappa shape index (κ1) is 18.8. The zero-order chi connectivity index (χ0) is 18.4. The molecule has 0 fully saturated rings. The summed E-state index contributed by atoms with van der Waals surface area (Å²) in [5.74, 6) is 0. The largest absolute Gasteiger partial charge is 0.404 e. The van der Waals surface area contributed by atoms with Crippen LogP contribution < -0.4 is 5.73 Å². The minimum Gasteiger partial charge on any atom is -0.404 e. The molecule has 0 saturated carbocycles. The Labute approximate surface area is 149 Å². The Balaban J connectivity index is 2.51. The van der Waals surface area contributed by atoms with Crippen molar-refractivity contribution in [3.63, 3.8) is 0 Å². The van der Waals surface area contributed by atoms with Crippen LogP contribution >= 0.6 is 0 Å². The zero-order valence-corrected chi connectivity index (χ0v) is 15.3. The Morgan fingerprint density at radius 3 is 2.80 bits per heavy atom. The monoisotopic (exact) mass is 338 g/mol. The number of aromatic nitrogens is 2. The first-order chi connectivity index (χ1) is 12.0. The molecule has 2 rings (SSSR count). The Hall–Kier alpha value is -2.53. The number of hydrogen-bond acceptors (Lipinski definition) is 5. The van der Waals surface area contributed by atoms with Crippen molar-refractivity contribution in [1.82, 2.24) is 9.97 Å². The van der Waals surface area contributed by atoms with E-state index in [1.165, 1.54) is 6.33 Å². The van der Waals surface area contributed by atoms with Gasteiger partial charge in [0.1, 0.15) is 6.33 Å². The van der Waals surface area contributed by atoms with Gasteiger partial charge in [-0.1, -0.05) is 23.8 Å². The summed E-state index contributed by atoms with van der Waals surface area (Å²) >= 11 is 0. The molecule has 0 spiro atoms. The van der Waals surface area contributed by atoms with E-state index in [0.717, 1.165) is 39.2 Å². The molecule has 3 N–H and O–H groups in total. The summed E-state index contributed by atoms with van der Waals surface area (Å²) in [6.07, 6.45) is 4.94. The molecule has 1 atom stereocenters. The number of aliphatic hydroxyl groups is 1. The lowest BCUT2D eigenvalue weighted by molar-refractivity contribution is 0.200. The van der Waals surface area contributed by atoms with Gasteiger partial charge >= 0.3 is 0 Å². The Kier molecular flexibility index (Phi) is 6.42. The van der Waals surface area contributed by atoms with E-state index in [9.17, 15) is 5.11 Å². The highest BCUT2D eigenvalue weighted by Gasteiger charge is 2.16. The van der Waals surface area contributed by atoms with Gasteiger partial charge in [-0.25, -0.2) is 9.97 Å². The van der Waals surface area contributed by atoms with Gasteiger partial charge in [-0.15, -0.1) is 0 Å². The van der Waals surface area contributed by atoms with Crippen LogP contribution in [0.5, 0.6) is 0 Å². The van der Waals surface area contributed by atoms with Crippen LogP contribution in [0.1, 0.15) is 43.6 Å². The molecule has 0 saturated heterocycles. The molecule has 0 radical (unpaired) electrons.